The van der Waals surface area contributed by atoms with Crippen LogP contribution in [0, 0.1) is 0 Å². The van der Waals surface area contributed by atoms with Crippen molar-refractivity contribution in [1.29, 1.82) is 0 Å². The number of ether oxygens (including phenoxy) is 3. The molecule has 0 saturated carbocycles. The van der Waals surface area contributed by atoms with E-state index in [4.69, 9.17) is 14.2 Å². The average Bonchev–Trinajstić information content (AvgIpc) is 3.29. The van der Waals surface area contributed by atoms with E-state index in [0.717, 1.165) is 70.6 Å². The molecule has 0 aliphatic heterocycles. The van der Waals surface area contributed by atoms with E-state index in [2.05, 4.69) is 45.1 Å². The van der Waals surface area contributed by atoms with Crippen molar-refractivity contribution in [3.63, 3.8) is 0 Å². The van der Waals surface area contributed by atoms with Crippen LogP contribution in [-0.4, -0.2) is 37.2 Å². The lowest BCUT2D eigenvalue weighted by Crippen LogP contribution is -2.30. The van der Waals surface area contributed by atoms with Crippen LogP contribution in [0.15, 0.2) is 24.3 Å². The molecule has 0 N–H and O–H groups in total. The van der Waals surface area contributed by atoms with Gasteiger partial charge in [0.1, 0.15) is 13.2 Å². The zero-order valence-corrected chi connectivity index (χ0v) is 43.1. The van der Waals surface area contributed by atoms with E-state index in [1.54, 1.807) is 0 Å². The Labute approximate surface area is 398 Å². The Morgan fingerprint density at radius 2 is 0.516 bits per heavy atom. The second kappa shape index (κ2) is 53.5. The lowest BCUT2D eigenvalue weighted by molar-refractivity contribution is -0.167. The maximum atomic E-state index is 12.8. The number of carbonyl (C=O) groups is 3. The molecule has 0 saturated heterocycles. The molecule has 0 amide bonds. The summed E-state index contributed by atoms with van der Waals surface area (Å²) in [5, 5.41) is 0. The third-order valence-electron chi connectivity index (χ3n) is 12.7. The van der Waals surface area contributed by atoms with Crippen LogP contribution in [0.2, 0.25) is 0 Å². The maximum Gasteiger partial charge on any atom is 0.306 e. The number of allylic oxidation sites excluding steroid dienone is 4. The highest BCUT2D eigenvalue weighted by Gasteiger charge is 2.19. The molecule has 0 heterocycles. The van der Waals surface area contributed by atoms with Crippen LogP contribution < -0.4 is 0 Å². The maximum absolute atomic E-state index is 12.8. The van der Waals surface area contributed by atoms with Gasteiger partial charge in [0, 0.05) is 19.3 Å². The van der Waals surface area contributed by atoms with Gasteiger partial charge in [-0.2, -0.15) is 0 Å². The van der Waals surface area contributed by atoms with E-state index in [1.165, 1.54) is 199 Å². The van der Waals surface area contributed by atoms with Crippen LogP contribution in [0.4, 0.5) is 0 Å². The standard InChI is InChI=1S/C58H108O6/c1-4-7-10-13-16-19-22-25-27-28-29-30-31-34-36-39-42-45-48-51-57(60)63-54-55(53-62-56(59)50-47-44-41-38-35-32-24-21-18-15-12-9-6-3)64-58(61)52-49-46-43-40-37-33-26-23-20-17-14-11-8-5-2/h21,23-24,26,55H,4-20,22,25,27-54H2,1-3H3/b24-21+,26-23+/t55-/m1/s1. The van der Waals surface area contributed by atoms with Gasteiger partial charge in [-0.15, -0.1) is 0 Å². The zero-order chi connectivity index (χ0) is 46.5. The van der Waals surface area contributed by atoms with Crippen molar-refractivity contribution < 1.29 is 28.6 Å². The van der Waals surface area contributed by atoms with E-state index in [9.17, 15) is 14.4 Å². The Kier molecular flexibility index (Phi) is 51.7. The van der Waals surface area contributed by atoms with Gasteiger partial charge in [0.05, 0.1) is 0 Å². The van der Waals surface area contributed by atoms with Gasteiger partial charge in [0.15, 0.2) is 6.10 Å². The largest absolute Gasteiger partial charge is 0.462 e. The van der Waals surface area contributed by atoms with Crippen molar-refractivity contribution in [2.24, 2.45) is 0 Å². The molecule has 0 aromatic heterocycles. The van der Waals surface area contributed by atoms with Gasteiger partial charge in [-0.05, 0) is 70.6 Å². The van der Waals surface area contributed by atoms with Crippen LogP contribution in [0.25, 0.3) is 0 Å². The van der Waals surface area contributed by atoms with Gasteiger partial charge in [-0.25, -0.2) is 0 Å². The van der Waals surface area contributed by atoms with Gasteiger partial charge < -0.3 is 14.2 Å². The quantitative estimate of drug-likeness (QED) is 0.0262. The topological polar surface area (TPSA) is 78.9 Å². The first kappa shape index (κ1) is 61.9. The van der Waals surface area contributed by atoms with E-state index in [0.29, 0.717) is 19.3 Å². The van der Waals surface area contributed by atoms with Gasteiger partial charge in [-0.3, -0.25) is 14.4 Å². The lowest BCUT2D eigenvalue weighted by Gasteiger charge is -2.18. The van der Waals surface area contributed by atoms with Crippen molar-refractivity contribution in [3.8, 4) is 0 Å². The van der Waals surface area contributed by atoms with Crippen molar-refractivity contribution in [2.45, 2.75) is 316 Å². The fourth-order valence-corrected chi connectivity index (χ4v) is 8.37. The molecule has 6 heteroatoms. The van der Waals surface area contributed by atoms with Crippen LogP contribution in [0.1, 0.15) is 310 Å². The molecule has 64 heavy (non-hydrogen) atoms. The summed E-state index contributed by atoms with van der Waals surface area (Å²) >= 11 is 0. The van der Waals surface area contributed by atoms with E-state index in [1.807, 2.05) is 0 Å². The molecule has 0 radical (unpaired) electrons. The number of hydrogen-bond acceptors (Lipinski definition) is 6. The van der Waals surface area contributed by atoms with Gasteiger partial charge in [0.2, 0.25) is 0 Å². The molecule has 0 unspecified atom stereocenters. The van der Waals surface area contributed by atoms with E-state index < -0.39 is 6.10 Å². The second-order valence-corrected chi connectivity index (χ2v) is 19.2. The predicted octanol–water partition coefficient (Wildman–Crippen LogP) is 18.7. The minimum atomic E-state index is -0.774. The van der Waals surface area contributed by atoms with Crippen molar-refractivity contribution in [1.82, 2.24) is 0 Å². The van der Waals surface area contributed by atoms with Crippen molar-refractivity contribution >= 4 is 17.9 Å². The van der Waals surface area contributed by atoms with Crippen molar-refractivity contribution in [3.05, 3.63) is 24.3 Å². The minimum Gasteiger partial charge on any atom is -0.462 e. The van der Waals surface area contributed by atoms with Gasteiger partial charge >= 0.3 is 17.9 Å². The minimum absolute atomic E-state index is 0.0730. The SMILES string of the molecule is CCCCCC/C=C/CCCCCCCC(=O)OC[C@H](COC(=O)CCCCCCCCCCCCCCCCCCCCC)OC(=O)CCCCCCC/C=C/CCCCCCC. The first-order chi connectivity index (χ1) is 31.5. The Morgan fingerprint density at radius 1 is 0.297 bits per heavy atom. The van der Waals surface area contributed by atoms with Crippen molar-refractivity contribution in [2.75, 3.05) is 13.2 Å². The Morgan fingerprint density at radius 3 is 0.797 bits per heavy atom. The van der Waals surface area contributed by atoms with Crippen LogP contribution >= 0.6 is 0 Å². The molecule has 0 spiro atoms. The fraction of sp³-hybridized carbons (Fsp3) is 0.879. The number of rotatable bonds is 52. The Hall–Kier alpha value is -2.11. The first-order valence-corrected chi connectivity index (χ1v) is 28.3. The lowest BCUT2D eigenvalue weighted by atomic mass is 10.0. The zero-order valence-electron chi connectivity index (χ0n) is 43.1. The number of unbranched alkanes of at least 4 members (excludes halogenated alkanes) is 37. The van der Waals surface area contributed by atoms with Gasteiger partial charge in [-0.1, -0.05) is 244 Å². The summed E-state index contributed by atoms with van der Waals surface area (Å²) in [4.78, 5) is 38.1. The van der Waals surface area contributed by atoms with Gasteiger partial charge in [0.25, 0.3) is 0 Å². The smallest absolute Gasteiger partial charge is 0.306 e. The number of carbonyl (C=O) groups excluding carboxylic acids is 3. The summed E-state index contributed by atoms with van der Waals surface area (Å²) in [6, 6.07) is 0. The normalized spacial score (nSPS) is 12.1. The van der Waals surface area contributed by atoms with E-state index >= 15 is 0 Å². The molecule has 376 valence electrons. The Bertz CT molecular complexity index is 1040. The van der Waals surface area contributed by atoms with Crippen LogP contribution in [0.5, 0.6) is 0 Å². The molecule has 0 bridgehead atoms. The molecular weight excluding hydrogens is 793 g/mol. The molecule has 6 nitrogen and oxygen atoms in total. The highest BCUT2D eigenvalue weighted by molar-refractivity contribution is 5.71. The molecule has 0 rings (SSSR count). The molecule has 1 atom stereocenters. The highest BCUT2D eigenvalue weighted by Crippen LogP contribution is 2.16. The predicted molar refractivity (Wildman–Crippen MR) is 275 cm³/mol. The average molecular weight is 901 g/mol. The number of hydrogen-bond donors (Lipinski definition) is 0. The summed E-state index contributed by atoms with van der Waals surface area (Å²) in [6.07, 6.45) is 61.7. The monoisotopic (exact) mass is 901 g/mol. The molecule has 0 aromatic carbocycles. The molecule has 0 aliphatic rings. The third kappa shape index (κ3) is 50.9. The summed E-state index contributed by atoms with van der Waals surface area (Å²) in [7, 11) is 0. The van der Waals surface area contributed by atoms with Crippen LogP contribution in [-0.2, 0) is 28.6 Å². The summed E-state index contributed by atoms with van der Waals surface area (Å²) in [5.74, 6) is -0.873. The fourth-order valence-electron chi connectivity index (χ4n) is 8.37. The third-order valence-corrected chi connectivity index (χ3v) is 12.7. The Balaban J connectivity index is 4.31. The number of esters is 3. The molecule has 0 aromatic rings. The molecule has 0 aliphatic carbocycles. The van der Waals surface area contributed by atoms with Crippen LogP contribution in [0.3, 0.4) is 0 Å². The summed E-state index contributed by atoms with van der Waals surface area (Å²) in [6.45, 7) is 6.64. The second-order valence-electron chi connectivity index (χ2n) is 19.2. The van der Waals surface area contributed by atoms with E-state index in [-0.39, 0.29) is 31.1 Å². The summed E-state index contributed by atoms with van der Waals surface area (Å²) in [5.41, 5.74) is 0. The highest BCUT2D eigenvalue weighted by atomic mass is 16.6. The molecule has 0 fully saturated rings. The molecular formula is C58H108O6. The first-order valence-electron chi connectivity index (χ1n) is 28.3. The summed E-state index contributed by atoms with van der Waals surface area (Å²) < 4.78 is 16.8.